The van der Waals surface area contributed by atoms with E-state index in [4.69, 9.17) is 15.7 Å². The third-order valence-electron chi connectivity index (χ3n) is 3.97. The lowest BCUT2D eigenvalue weighted by Gasteiger charge is -2.33. The SMILES string of the molecule is COCCN1CCCCC(N)C1c1cccc(C#N)c1. The fourth-order valence-corrected chi connectivity index (χ4v) is 2.97. The molecule has 2 atom stereocenters. The molecule has 0 aromatic heterocycles. The van der Waals surface area contributed by atoms with Crippen LogP contribution in [0, 0.1) is 11.3 Å². The smallest absolute Gasteiger partial charge is 0.0991 e. The predicted molar refractivity (Wildman–Crippen MR) is 79.2 cm³/mol. The van der Waals surface area contributed by atoms with Gasteiger partial charge in [0.2, 0.25) is 0 Å². The highest BCUT2D eigenvalue weighted by molar-refractivity contribution is 5.35. The summed E-state index contributed by atoms with van der Waals surface area (Å²) in [6.07, 6.45) is 3.37. The lowest BCUT2D eigenvalue weighted by Crippen LogP contribution is -2.41. The molecule has 4 nitrogen and oxygen atoms in total. The van der Waals surface area contributed by atoms with Crippen LogP contribution in [0.5, 0.6) is 0 Å². The molecule has 20 heavy (non-hydrogen) atoms. The lowest BCUT2D eigenvalue weighted by molar-refractivity contribution is 0.115. The molecule has 0 bridgehead atoms. The molecule has 1 heterocycles. The van der Waals surface area contributed by atoms with Crippen molar-refractivity contribution >= 4 is 0 Å². The van der Waals surface area contributed by atoms with Gasteiger partial charge in [0, 0.05) is 19.7 Å². The fraction of sp³-hybridized carbons (Fsp3) is 0.562. The number of nitrogens with zero attached hydrogens (tertiary/aromatic N) is 2. The molecule has 4 heteroatoms. The van der Waals surface area contributed by atoms with Crippen LogP contribution in [0.15, 0.2) is 24.3 Å². The minimum Gasteiger partial charge on any atom is -0.383 e. The summed E-state index contributed by atoms with van der Waals surface area (Å²) in [6, 6.07) is 10.3. The van der Waals surface area contributed by atoms with Crippen molar-refractivity contribution in [2.75, 3.05) is 26.8 Å². The van der Waals surface area contributed by atoms with Gasteiger partial charge in [0.15, 0.2) is 0 Å². The van der Waals surface area contributed by atoms with Crippen LogP contribution in [0.25, 0.3) is 0 Å². The Kier molecular flexibility index (Phi) is 5.54. The Labute approximate surface area is 121 Å². The molecule has 0 radical (unpaired) electrons. The van der Waals surface area contributed by atoms with E-state index < -0.39 is 0 Å². The zero-order valence-electron chi connectivity index (χ0n) is 12.1. The zero-order valence-corrected chi connectivity index (χ0v) is 12.1. The van der Waals surface area contributed by atoms with Gasteiger partial charge in [-0.15, -0.1) is 0 Å². The Balaban J connectivity index is 2.27. The average molecular weight is 273 g/mol. The van der Waals surface area contributed by atoms with Crippen LogP contribution in [0.1, 0.15) is 36.4 Å². The van der Waals surface area contributed by atoms with Crippen molar-refractivity contribution in [3.63, 3.8) is 0 Å². The molecule has 0 aliphatic carbocycles. The molecule has 2 N–H and O–H groups in total. The molecule has 0 amide bonds. The third kappa shape index (κ3) is 3.57. The Hall–Kier alpha value is -1.41. The molecule has 1 aliphatic rings. The van der Waals surface area contributed by atoms with E-state index in [0.717, 1.165) is 25.1 Å². The number of rotatable bonds is 4. The molecule has 0 spiro atoms. The zero-order chi connectivity index (χ0) is 14.4. The Morgan fingerprint density at radius 3 is 3.05 bits per heavy atom. The molecule has 1 aliphatic heterocycles. The van der Waals surface area contributed by atoms with Crippen molar-refractivity contribution in [2.45, 2.75) is 31.3 Å². The summed E-state index contributed by atoms with van der Waals surface area (Å²) < 4.78 is 5.21. The largest absolute Gasteiger partial charge is 0.383 e. The number of likely N-dealkylation sites (tertiary alicyclic amines) is 1. The normalized spacial score (nSPS) is 24.1. The van der Waals surface area contributed by atoms with Crippen molar-refractivity contribution in [2.24, 2.45) is 5.73 Å². The van der Waals surface area contributed by atoms with E-state index in [1.807, 2.05) is 18.2 Å². The van der Waals surface area contributed by atoms with Gasteiger partial charge in [-0.05, 0) is 37.1 Å². The third-order valence-corrected chi connectivity index (χ3v) is 3.97. The molecular weight excluding hydrogens is 250 g/mol. The second-order valence-electron chi connectivity index (χ2n) is 5.37. The molecular formula is C16H23N3O. The quantitative estimate of drug-likeness (QED) is 0.912. The van der Waals surface area contributed by atoms with Crippen LogP contribution < -0.4 is 5.73 Å². The van der Waals surface area contributed by atoms with E-state index in [-0.39, 0.29) is 12.1 Å². The van der Waals surface area contributed by atoms with Crippen LogP contribution >= 0.6 is 0 Å². The maximum Gasteiger partial charge on any atom is 0.0991 e. The van der Waals surface area contributed by atoms with Crippen LogP contribution in [0.2, 0.25) is 0 Å². The number of nitrogens with two attached hydrogens (primary N) is 1. The summed E-state index contributed by atoms with van der Waals surface area (Å²) in [5, 5.41) is 9.07. The van der Waals surface area contributed by atoms with Gasteiger partial charge in [-0.25, -0.2) is 0 Å². The van der Waals surface area contributed by atoms with Crippen LogP contribution in [0.4, 0.5) is 0 Å². The van der Waals surface area contributed by atoms with Gasteiger partial charge in [0.25, 0.3) is 0 Å². The Morgan fingerprint density at radius 2 is 2.30 bits per heavy atom. The van der Waals surface area contributed by atoms with E-state index in [9.17, 15) is 0 Å². The summed E-state index contributed by atoms with van der Waals surface area (Å²) in [5.41, 5.74) is 8.25. The van der Waals surface area contributed by atoms with Gasteiger partial charge in [0.1, 0.15) is 0 Å². The van der Waals surface area contributed by atoms with Gasteiger partial charge in [0.05, 0.1) is 24.3 Å². The Bertz CT molecular complexity index is 469. The van der Waals surface area contributed by atoms with Crippen molar-refractivity contribution in [3.05, 3.63) is 35.4 Å². The minimum atomic E-state index is 0.114. The highest BCUT2D eigenvalue weighted by Crippen LogP contribution is 2.29. The van der Waals surface area contributed by atoms with E-state index in [2.05, 4.69) is 17.0 Å². The summed E-state index contributed by atoms with van der Waals surface area (Å²) in [4.78, 5) is 2.40. The van der Waals surface area contributed by atoms with Gasteiger partial charge in [-0.3, -0.25) is 4.90 Å². The first-order valence-electron chi connectivity index (χ1n) is 7.25. The number of hydrogen-bond acceptors (Lipinski definition) is 4. The van der Waals surface area contributed by atoms with Crippen molar-refractivity contribution in [1.29, 1.82) is 5.26 Å². The number of methoxy groups -OCH3 is 1. The topological polar surface area (TPSA) is 62.3 Å². The number of benzene rings is 1. The van der Waals surface area contributed by atoms with Crippen molar-refractivity contribution in [3.8, 4) is 6.07 Å². The number of hydrogen-bond donors (Lipinski definition) is 1. The summed E-state index contributed by atoms with van der Waals surface area (Å²) >= 11 is 0. The van der Waals surface area contributed by atoms with Crippen LogP contribution in [-0.4, -0.2) is 37.7 Å². The van der Waals surface area contributed by atoms with Gasteiger partial charge in [-0.1, -0.05) is 18.6 Å². The van der Waals surface area contributed by atoms with Crippen molar-refractivity contribution < 1.29 is 4.74 Å². The average Bonchev–Trinajstić information content (AvgIpc) is 2.66. The van der Waals surface area contributed by atoms with Gasteiger partial charge >= 0.3 is 0 Å². The van der Waals surface area contributed by atoms with E-state index in [1.165, 1.54) is 12.8 Å². The Morgan fingerprint density at radius 1 is 1.45 bits per heavy atom. The maximum absolute atomic E-state index is 9.07. The van der Waals surface area contributed by atoms with E-state index >= 15 is 0 Å². The fourth-order valence-electron chi connectivity index (χ4n) is 2.97. The first-order chi connectivity index (χ1) is 9.76. The molecule has 1 saturated heterocycles. The molecule has 0 saturated carbocycles. The highest BCUT2D eigenvalue weighted by Gasteiger charge is 2.28. The standard InChI is InChI=1S/C16H23N3O/c1-20-10-9-19-8-3-2-7-15(18)16(19)14-6-4-5-13(11-14)12-17/h4-6,11,15-16H,2-3,7-10,18H2,1H3. The monoisotopic (exact) mass is 273 g/mol. The molecule has 2 unspecified atom stereocenters. The second kappa shape index (κ2) is 7.39. The molecule has 108 valence electrons. The molecule has 1 aromatic rings. The predicted octanol–water partition coefficient (Wildman–Crippen LogP) is 2.06. The second-order valence-corrected chi connectivity index (χ2v) is 5.37. The van der Waals surface area contributed by atoms with Crippen LogP contribution in [-0.2, 0) is 4.74 Å². The van der Waals surface area contributed by atoms with Gasteiger partial charge < -0.3 is 10.5 Å². The molecule has 1 fully saturated rings. The molecule has 1 aromatic carbocycles. The van der Waals surface area contributed by atoms with Gasteiger partial charge in [-0.2, -0.15) is 5.26 Å². The summed E-state index contributed by atoms with van der Waals surface area (Å²) in [7, 11) is 1.73. The summed E-state index contributed by atoms with van der Waals surface area (Å²) in [5.74, 6) is 0. The van der Waals surface area contributed by atoms with E-state index in [1.54, 1.807) is 7.11 Å². The minimum absolute atomic E-state index is 0.114. The van der Waals surface area contributed by atoms with E-state index in [0.29, 0.717) is 12.2 Å². The first kappa shape index (κ1) is 15.0. The summed E-state index contributed by atoms with van der Waals surface area (Å²) in [6.45, 7) is 2.63. The lowest BCUT2D eigenvalue weighted by atomic mass is 9.95. The number of nitriles is 1. The first-order valence-corrected chi connectivity index (χ1v) is 7.25. The maximum atomic E-state index is 9.07. The van der Waals surface area contributed by atoms with Crippen LogP contribution in [0.3, 0.4) is 0 Å². The molecule has 2 rings (SSSR count). The van der Waals surface area contributed by atoms with Crippen molar-refractivity contribution in [1.82, 2.24) is 4.90 Å². The highest BCUT2D eigenvalue weighted by atomic mass is 16.5. The number of ether oxygens (including phenoxy) is 1.